The number of thioether (sulfide) groups is 1. The summed E-state index contributed by atoms with van der Waals surface area (Å²) < 4.78 is 28.5. The molecule has 1 unspecified atom stereocenters. The number of aromatic nitrogens is 2. The van der Waals surface area contributed by atoms with Crippen molar-refractivity contribution < 1.29 is 18.4 Å². The van der Waals surface area contributed by atoms with Crippen molar-refractivity contribution in [3.8, 4) is 0 Å². The van der Waals surface area contributed by atoms with Gasteiger partial charge in [-0.05, 0) is 6.26 Å². The van der Waals surface area contributed by atoms with E-state index >= 15 is 0 Å². The van der Waals surface area contributed by atoms with E-state index in [1.807, 2.05) is 6.26 Å². The summed E-state index contributed by atoms with van der Waals surface area (Å²) in [7, 11) is 0. The molecular weight excluding hydrogens is 214 g/mol. The first-order chi connectivity index (χ1) is 6.63. The summed E-state index contributed by atoms with van der Waals surface area (Å²) in [5, 5.41) is 12.4. The number of nitrogens with zero attached hydrogens (tertiary/aromatic N) is 2. The number of aliphatic hydroxyl groups excluding tert-OH is 1. The summed E-state index contributed by atoms with van der Waals surface area (Å²) >= 11 is 1.50. The maximum atomic E-state index is 11.9. The van der Waals surface area contributed by atoms with E-state index in [9.17, 15) is 8.78 Å². The Kier molecular flexibility index (Phi) is 4.27. The SMILES string of the molecule is CSCc1noc(CC(O)C(F)F)n1. The second kappa shape index (κ2) is 5.26. The predicted octanol–water partition coefficient (Wildman–Crippen LogP) is 1.10. The van der Waals surface area contributed by atoms with Crippen molar-refractivity contribution in [1.29, 1.82) is 0 Å². The molecule has 4 nitrogen and oxygen atoms in total. The molecule has 0 aliphatic carbocycles. The van der Waals surface area contributed by atoms with Gasteiger partial charge in [0.1, 0.15) is 6.10 Å². The molecule has 0 aliphatic heterocycles. The summed E-state index contributed by atoms with van der Waals surface area (Å²) in [6, 6.07) is 0. The molecule has 14 heavy (non-hydrogen) atoms. The van der Waals surface area contributed by atoms with Crippen LogP contribution in [0.25, 0.3) is 0 Å². The van der Waals surface area contributed by atoms with Gasteiger partial charge in [0.25, 0.3) is 6.43 Å². The van der Waals surface area contributed by atoms with Gasteiger partial charge >= 0.3 is 0 Å². The van der Waals surface area contributed by atoms with E-state index in [0.717, 1.165) is 0 Å². The van der Waals surface area contributed by atoms with Gasteiger partial charge in [-0.25, -0.2) is 8.78 Å². The minimum atomic E-state index is -2.79. The van der Waals surface area contributed by atoms with Crippen molar-refractivity contribution in [3.05, 3.63) is 11.7 Å². The van der Waals surface area contributed by atoms with Crippen LogP contribution in [0, 0.1) is 0 Å². The summed E-state index contributed by atoms with van der Waals surface area (Å²) in [6.45, 7) is 0. The molecular formula is C7H10F2N2O2S. The number of rotatable bonds is 5. The van der Waals surface area contributed by atoms with Crippen molar-refractivity contribution in [2.75, 3.05) is 6.26 Å². The lowest BCUT2D eigenvalue weighted by Crippen LogP contribution is -2.20. The van der Waals surface area contributed by atoms with Crippen LogP contribution in [0.4, 0.5) is 8.78 Å². The highest BCUT2D eigenvalue weighted by Crippen LogP contribution is 2.10. The van der Waals surface area contributed by atoms with E-state index in [-0.39, 0.29) is 12.3 Å². The van der Waals surface area contributed by atoms with Crippen LogP contribution in [-0.4, -0.2) is 34.0 Å². The molecule has 1 N–H and O–H groups in total. The maximum Gasteiger partial charge on any atom is 0.264 e. The monoisotopic (exact) mass is 224 g/mol. The van der Waals surface area contributed by atoms with Gasteiger partial charge in [0, 0.05) is 0 Å². The molecule has 0 saturated carbocycles. The molecule has 0 saturated heterocycles. The van der Waals surface area contributed by atoms with Crippen LogP contribution < -0.4 is 0 Å². The molecule has 1 rings (SSSR count). The van der Waals surface area contributed by atoms with Gasteiger partial charge < -0.3 is 9.63 Å². The number of alkyl halides is 2. The fraction of sp³-hybridized carbons (Fsp3) is 0.714. The Morgan fingerprint density at radius 2 is 2.29 bits per heavy atom. The average molecular weight is 224 g/mol. The highest BCUT2D eigenvalue weighted by molar-refractivity contribution is 7.97. The second-order valence-electron chi connectivity index (χ2n) is 2.64. The van der Waals surface area contributed by atoms with Crippen LogP contribution in [0.2, 0.25) is 0 Å². The average Bonchev–Trinajstić information content (AvgIpc) is 2.53. The molecule has 1 aromatic rings. The fourth-order valence-corrected chi connectivity index (χ4v) is 1.20. The number of aliphatic hydroxyl groups is 1. The summed E-state index contributed by atoms with van der Waals surface area (Å²) in [5.41, 5.74) is 0. The smallest absolute Gasteiger partial charge is 0.264 e. The van der Waals surface area contributed by atoms with Crippen molar-refractivity contribution in [2.45, 2.75) is 24.7 Å². The predicted molar refractivity (Wildman–Crippen MR) is 47.2 cm³/mol. The van der Waals surface area contributed by atoms with Crippen LogP contribution in [0.5, 0.6) is 0 Å². The third kappa shape index (κ3) is 3.22. The molecule has 0 aromatic carbocycles. The van der Waals surface area contributed by atoms with Crippen LogP contribution >= 0.6 is 11.8 Å². The van der Waals surface area contributed by atoms with Crippen LogP contribution in [0.1, 0.15) is 11.7 Å². The Bertz CT molecular complexity index is 282. The zero-order valence-electron chi connectivity index (χ0n) is 7.48. The quantitative estimate of drug-likeness (QED) is 0.811. The second-order valence-corrected chi connectivity index (χ2v) is 3.51. The molecule has 0 bridgehead atoms. The number of hydrogen-bond donors (Lipinski definition) is 1. The van der Waals surface area contributed by atoms with E-state index in [2.05, 4.69) is 14.7 Å². The third-order valence-electron chi connectivity index (χ3n) is 1.46. The molecule has 1 atom stereocenters. The van der Waals surface area contributed by atoms with E-state index in [1.54, 1.807) is 0 Å². The van der Waals surface area contributed by atoms with Gasteiger partial charge in [0.15, 0.2) is 5.82 Å². The lowest BCUT2D eigenvalue weighted by molar-refractivity contribution is -0.00754. The lowest BCUT2D eigenvalue weighted by atomic mass is 10.2. The van der Waals surface area contributed by atoms with E-state index in [1.165, 1.54) is 11.8 Å². The van der Waals surface area contributed by atoms with Crippen molar-refractivity contribution >= 4 is 11.8 Å². The van der Waals surface area contributed by atoms with Crippen LogP contribution in [0.3, 0.4) is 0 Å². The molecule has 0 radical (unpaired) electrons. The number of halogens is 2. The Morgan fingerprint density at radius 3 is 2.86 bits per heavy atom. The van der Waals surface area contributed by atoms with Crippen molar-refractivity contribution in [3.63, 3.8) is 0 Å². The van der Waals surface area contributed by atoms with Gasteiger partial charge in [-0.3, -0.25) is 0 Å². The van der Waals surface area contributed by atoms with Gasteiger partial charge in [-0.2, -0.15) is 16.7 Å². The Labute approximate surface area is 83.7 Å². The first-order valence-corrected chi connectivity index (χ1v) is 5.29. The van der Waals surface area contributed by atoms with E-state index in [4.69, 9.17) is 5.11 Å². The Morgan fingerprint density at radius 1 is 1.57 bits per heavy atom. The Hall–Kier alpha value is -0.690. The summed E-state index contributed by atoms with van der Waals surface area (Å²) in [6.07, 6.45) is -2.97. The zero-order valence-corrected chi connectivity index (χ0v) is 8.30. The highest BCUT2D eigenvalue weighted by atomic mass is 32.2. The van der Waals surface area contributed by atoms with Gasteiger partial charge in [-0.1, -0.05) is 5.16 Å². The molecule has 0 spiro atoms. The molecule has 7 heteroatoms. The molecule has 0 fully saturated rings. The van der Waals surface area contributed by atoms with Crippen molar-refractivity contribution in [1.82, 2.24) is 10.1 Å². The molecule has 80 valence electrons. The first-order valence-electron chi connectivity index (χ1n) is 3.90. The molecule has 1 heterocycles. The lowest BCUT2D eigenvalue weighted by Gasteiger charge is -2.04. The first kappa shape index (κ1) is 11.4. The summed E-state index contributed by atoms with van der Waals surface area (Å²) in [5.74, 6) is 1.06. The normalized spacial score (nSPS) is 13.5. The third-order valence-corrected chi connectivity index (χ3v) is 2.01. The van der Waals surface area contributed by atoms with Crippen LogP contribution in [0.15, 0.2) is 4.52 Å². The standard InChI is InChI=1S/C7H10F2N2O2S/c1-14-3-5-10-6(13-11-5)2-4(12)7(8)9/h4,7,12H,2-3H2,1H3. The van der Waals surface area contributed by atoms with Gasteiger partial charge in [0.05, 0.1) is 12.2 Å². The molecule has 1 aromatic heterocycles. The molecule has 0 aliphatic rings. The van der Waals surface area contributed by atoms with E-state index < -0.39 is 12.5 Å². The number of hydrogen-bond acceptors (Lipinski definition) is 5. The minimum Gasteiger partial charge on any atom is -0.387 e. The minimum absolute atomic E-state index is 0.0434. The zero-order chi connectivity index (χ0) is 10.6. The topological polar surface area (TPSA) is 59.2 Å². The highest BCUT2D eigenvalue weighted by Gasteiger charge is 2.20. The molecule has 0 amide bonds. The Balaban J connectivity index is 2.50. The largest absolute Gasteiger partial charge is 0.387 e. The fourth-order valence-electron chi connectivity index (χ4n) is 0.829. The summed E-state index contributed by atoms with van der Waals surface area (Å²) in [4.78, 5) is 3.83. The van der Waals surface area contributed by atoms with E-state index in [0.29, 0.717) is 11.6 Å². The van der Waals surface area contributed by atoms with Crippen molar-refractivity contribution in [2.24, 2.45) is 0 Å². The van der Waals surface area contributed by atoms with Gasteiger partial charge in [-0.15, -0.1) is 0 Å². The van der Waals surface area contributed by atoms with Gasteiger partial charge in [0.2, 0.25) is 5.89 Å². The maximum absolute atomic E-state index is 11.9. The van der Waals surface area contributed by atoms with Crippen LogP contribution in [-0.2, 0) is 12.2 Å².